The molecule has 0 aromatic carbocycles. The number of rotatable bonds is 2. The van der Waals surface area contributed by atoms with E-state index in [1.807, 2.05) is 25.3 Å². The predicted molar refractivity (Wildman–Crippen MR) is 69.4 cm³/mol. The normalized spacial score (nSPS) is 19.8. The molecule has 2 aromatic rings. The van der Waals surface area contributed by atoms with Crippen molar-refractivity contribution in [3.05, 3.63) is 23.9 Å². The van der Waals surface area contributed by atoms with Gasteiger partial charge < -0.3 is 15.3 Å². The second kappa shape index (κ2) is 4.51. The lowest BCUT2D eigenvalue weighted by Gasteiger charge is -2.32. The molecule has 0 amide bonds. The fourth-order valence-corrected chi connectivity index (χ4v) is 2.26. The van der Waals surface area contributed by atoms with Gasteiger partial charge in [-0.25, -0.2) is 9.31 Å². The van der Waals surface area contributed by atoms with Gasteiger partial charge in [-0.15, -0.1) is 5.10 Å². The molecule has 0 bridgehead atoms. The summed E-state index contributed by atoms with van der Waals surface area (Å²) in [5.41, 5.74) is 1.83. The van der Waals surface area contributed by atoms with Crippen molar-refractivity contribution in [3.63, 3.8) is 0 Å². The van der Waals surface area contributed by atoms with E-state index in [1.54, 1.807) is 9.42 Å². The van der Waals surface area contributed by atoms with Crippen LogP contribution in [0.3, 0.4) is 0 Å². The molecule has 3 rings (SSSR count). The van der Waals surface area contributed by atoms with Crippen molar-refractivity contribution in [2.45, 2.75) is 13.0 Å². The molecule has 1 atom stereocenters. The van der Waals surface area contributed by atoms with Crippen molar-refractivity contribution in [1.82, 2.24) is 19.9 Å². The smallest absolute Gasteiger partial charge is 0.327 e. The molecule has 0 saturated carbocycles. The highest BCUT2D eigenvalue weighted by Crippen LogP contribution is 2.16. The van der Waals surface area contributed by atoms with E-state index in [-0.39, 0.29) is 0 Å². The molecule has 1 unspecified atom stereocenters. The summed E-state index contributed by atoms with van der Waals surface area (Å²) in [5.74, 6) is -0.387. The van der Waals surface area contributed by atoms with Crippen molar-refractivity contribution in [1.29, 1.82) is 0 Å². The third-order valence-corrected chi connectivity index (χ3v) is 3.27. The van der Waals surface area contributed by atoms with Crippen molar-refractivity contribution >= 4 is 17.6 Å². The Labute approximate surface area is 109 Å². The zero-order chi connectivity index (χ0) is 13.4. The number of pyridine rings is 1. The fraction of sp³-hybridized carbons (Fsp3) is 0.417. The monoisotopic (exact) mass is 261 g/mol. The van der Waals surface area contributed by atoms with Gasteiger partial charge in [0, 0.05) is 25.8 Å². The quantitative estimate of drug-likeness (QED) is 0.785. The number of nitrogens with zero attached hydrogens (tertiary/aromatic N) is 4. The van der Waals surface area contributed by atoms with E-state index in [1.165, 1.54) is 0 Å². The van der Waals surface area contributed by atoms with Crippen molar-refractivity contribution in [2.75, 3.05) is 24.5 Å². The Hall–Kier alpha value is -2.15. The van der Waals surface area contributed by atoms with Crippen LogP contribution in [-0.2, 0) is 4.79 Å². The largest absolute Gasteiger partial charge is 0.480 e. The van der Waals surface area contributed by atoms with E-state index in [0.717, 1.165) is 17.8 Å². The average Bonchev–Trinajstić information content (AvgIpc) is 2.81. The van der Waals surface area contributed by atoms with Gasteiger partial charge in [0.2, 0.25) is 5.95 Å². The number of aromatic nitrogens is 3. The van der Waals surface area contributed by atoms with Gasteiger partial charge in [-0.2, -0.15) is 4.98 Å². The Kier molecular flexibility index (Phi) is 2.83. The summed E-state index contributed by atoms with van der Waals surface area (Å²) in [6.07, 6.45) is 1.83. The highest BCUT2D eigenvalue weighted by atomic mass is 16.4. The molecule has 100 valence electrons. The molecular formula is C12H15N5O2. The highest BCUT2D eigenvalue weighted by Gasteiger charge is 2.30. The van der Waals surface area contributed by atoms with Crippen LogP contribution in [0.15, 0.2) is 18.3 Å². The Balaban J connectivity index is 1.99. The number of carbonyl (C=O) groups is 1. The molecule has 2 N–H and O–H groups in total. The summed E-state index contributed by atoms with van der Waals surface area (Å²) in [7, 11) is 0. The van der Waals surface area contributed by atoms with Gasteiger partial charge in [0.25, 0.3) is 0 Å². The lowest BCUT2D eigenvalue weighted by molar-refractivity contribution is -0.138. The van der Waals surface area contributed by atoms with Gasteiger partial charge in [-0.1, -0.05) is 0 Å². The first-order valence-corrected chi connectivity index (χ1v) is 6.18. The zero-order valence-corrected chi connectivity index (χ0v) is 10.6. The summed E-state index contributed by atoms with van der Waals surface area (Å²) in [6, 6.07) is 3.25. The molecule has 0 spiro atoms. The first kappa shape index (κ1) is 11.9. The van der Waals surface area contributed by atoms with Gasteiger partial charge >= 0.3 is 5.97 Å². The number of anilines is 1. The number of carboxylic acids is 1. The van der Waals surface area contributed by atoms with Crippen LogP contribution < -0.4 is 10.2 Å². The third-order valence-electron chi connectivity index (χ3n) is 3.27. The number of hydrogen-bond donors (Lipinski definition) is 2. The number of nitrogens with one attached hydrogen (secondary N) is 1. The minimum absolute atomic E-state index is 0.407. The Morgan fingerprint density at radius 3 is 3.21 bits per heavy atom. The molecule has 1 aliphatic heterocycles. The minimum Gasteiger partial charge on any atom is -0.480 e. The Morgan fingerprint density at radius 1 is 1.58 bits per heavy atom. The Morgan fingerprint density at radius 2 is 2.42 bits per heavy atom. The first-order valence-electron chi connectivity index (χ1n) is 6.18. The van der Waals surface area contributed by atoms with E-state index >= 15 is 0 Å². The van der Waals surface area contributed by atoms with E-state index in [4.69, 9.17) is 0 Å². The van der Waals surface area contributed by atoms with Gasteiger partial charge in [-0.3, -0.25) is 0 Å². The van der Waals surface area contributed by atoms with E-state index < -0.39 is 12.0 Å². The van der Waals surface area contributed by atoms with Crippen molar-refractivity contribution in [3.8, 4) is 0 Å². The van der Waals surface area contributed by atoms with E-state index in [2.05, 4.69) is 15.4 Å². The summed E-state index contributed by atoms with van der Waals surface area (Å²) < 4.78 is 1.67. The zero-order valence-electron chi connectivity index (χ0n) is 10.6. The fourth-order valence-electron chi connectivity index (χ4n) is 2.26. The van der Waals surface area contributed by atoms with Crippen molar-refractivity contribution in [2.24, 2.45) is 0 Å². The van der Waals surface area contributed by atoms with Crippen LogP contribution in [0.1, 0.15) is 5.56 Å². The minimum atomic E-state index is -0.859. The number of fused-ring (bicyclic) bond motifs is 1. The molecule has 19 heavy (non-hydrogen) atoms. The SMILES string of the molecule is Cc1ccn2nc(N3CCNCC3C(=O)O)nc2c1. The summed E-state index contributed by atoms with van der Waals surface area (Å²) in [4.78, 5) is 17.4. The van der Waals surface area contributed by atoms with Crippen LogP contribution in [0, 0.1) is 6.92 Å². The van der Waals surface area contributed by atoms with Crippen LogP contribution in [0.2, 0.25) is 0 Å². The lowest BCUT2D eigenvalue weighted by Crippen LogP contribution is -2.55. The third kappa shape index (κ3) is 2.12. The summed E-state index contributed by atoms with van der Waals surface area (Å²) >= 11 is 0. The standard InChI is InChI=1S/C12H15N5O2/c1-8-2-4-17-10(6-8)14-12(15-17)16-5-3-13-7-9(16)11(18)19/h2,4,6,9,13H,3,5,7H2,1H3,(H,18,19). The molecule has 1 aliphatic rings. The topological polar surface area (TPSA) is 82.8 Å². The van der Waals surface area contributed by atoms with E-state index in [0.29, 0.717) is 19.0 Å². The average molecular weight is 261 g/mol. The highest BCUT2D eigenvalue weighted by molar-refractivity contribution is 5.78. The maximum Gasteiger partial charge on any atom is 0.327 e. The number of carboxylic acid groups (broad SMARTS) is 1. The second-order valence-electron chi connectivity index (χ2n) is 4.67. The van der Waals surface area contributed by atoms with Crippen LogP contribution in [0.5, 0.6) is 0 Å². The molecule has 2 aromatic heterocycles. The number of piperazine rings is 1. The molecule has 0 aliphatic carbocycles. The number of aryl methyl sites for hydroxylation is 1. The molecule has 1 saturated heterocycles. The van der Waals surface area contributed by atoms with Crippen LogP contribution in [-0.4, -0.2) is 51.4 Å². The molecule has 0 radical (unpaired) electrons. The predicted octanol–water partition coefficient (Wildman–Crippen LogP) is -0.0995. The lowest BCUT2D eigenvalue weighted by atomic mass is 10.2. The van der Waals surface area contributed by atoms with Gasteiger partial charge in [0.1, 0.15) is 6.04 Å². The molecule has 7 heteroatoms. The Bertz CT molecular complexity index is 624. The van der Waals surface area contributed by atoms with Crippen LogP contribution >= 0.6 is 0 Å². The maximum absolute atomic E-state index is 11.3. The molecular weight excluding hydrogens is 246 g/mol. The van der Waals surface area contributed by atoms with E-state index in [9.17, 15) is 9.90 Å². The summed E-state index contributed by atoms with van der Waals surface area (Å²) in [6.45, 7) is 3.72. The first-order chi connectivity index (χ1) is 9.15. The van der Waals surface area contributed by atoms with Gasteiger partial charge in [-0.05, 0) is 24.6 Å². The van der Waals surface area contributed by atoms with Crippen LogP contribution in [0.4, 0.5) is 5.95 Å². The molecule has 1 fully saturated rings. The molecule has 7 nitrogen and oxygen atoms in total. The molecule has 3 heterocycles. The maximum atomic E-state index is 11.3. The summed E-state index contributed by atoms with van der Waals surface area (Å²) in [5, 5.41) is 16.7. The van der Waals surface area contributed by atoms with Crippen molar-refractivity contribution < 1.29 is 9.90 Å². The van der Waals surface area contributed by atoms with Gasteiger partial charge in [0.05, 0.1) is 0 Å². The number of aliphatic carboxylic acids is 1. The number of hydrogen-bond acceptors (Lipinski definition) is 5. The van der Waals surface area contributed by atoms with Gasteiger partial charge in [0.15, 0.2) is 5.65 Å². The van der Waals surface area contributed by atoms with Crippen LogP contribution in [0.25, 0.3) is 5.65 Å². The second-order valence-corrected chi connectivity index (χ2v) is 4.67.